The fourth-order valence-corrected chi connectivity index (χ4v) is 4.65. The van der Waals surface area contributed by atoms with Crippen molar-refractivity contribution in [1.29, 1.82) is 0 Å². The van der Waals surface area contributed by atoms with Crippen LogP contribution in [0.5, 0.6) is 11.5 Å². The highest BCUT2D eigenvalue weighted by molar-refractivity contribution is 7.54. The third-order valence-electron chi connectivity index (χ3n) is 4.86. The molecule has 32 heavy (non-hydrogen) atoms. The highest BCUT2D eigenvalue weighted by Gasteiger charge is 2.31. The van der Waals surface area contributed by atoms with Gasteiger partial charge in [0.25, 0.3) is 5.69 Å². The van der Waals surface area contributed by atoms with Crippen molar-refractivity contribution in [2.75, 3.05) is 26.4 Å². The molecule has 0 amide bonds. The van der Waals surface area contributed by atoms with E-state index in [1.54, 1.807) is 37.3 Å². The van der Waals surface area contributed by atoms with E-state index >= 15 is 0 Å². The molecule has 0 spiro atoms. The number of hydrogen-bond donors (Lipinski definition) is 1. The maximum Gasteiger partial charge on any atom is 0.444 e. The van der Waals surface area contributed by atoms with Crippen molar-refractivity contribution in [3.05, 3.63) is 64.7 Å². The Morgan fingerprint density at radius 3 is 2.38 bits per heavy atom. The standard InChI is InChI=1S/C21H26N3O7P/c1-16(21(25)29-20-12-13-23(2)14-20)22-15-32(28,30-18-6-4-3-5-7-18)31-19-10-8-17(9-11-19)24(26)27/h3-11,16,20,22H,12-15H2,1-2H3/t16-,20+,32?/m0/s1. The molecule has 0 radical (unpaired) electrons. The fraction of sp³-hybridized carbons (Fsp3) is 0.381. The average Bonchev–Trinajstić information content (AvgIpc) is 3.17. The molecule has 0 aromatic heterocycles. The predicted molar refractivity (Wildman–Crippen MR) is 118 cm³/mol. The summed E-state index contributed by atoms with van der Waals surface area (Å²) in [6.07, 6.45) is 0.327. The van der Waals surface area contributed by atoms with E-state index in [4.69, 9.17) is 13.8 Å². The monoisotopic (exact) mass is 463 g/mol. The first kappa shape index (κ1) is 23.7. The maximum atomic E-state index is 13.5. The number of esters is 1. The number of likely N-dealkylation sites (tertiary alicyclic amines) is 1. The summed E-state index contributed by atoms with van der Waals surface area (Å²) in [5, 5.41) is 13.7. The molecule has 1 aliphatic rings. The lowest BCUT2D eigenvalue weighted by atomic mass is 10.3. The van der Waals surface area contributed by atoms with E-state index in [9.17, 15) is 19.5 Å². The molecule has 0 saturated carbocycles. The van der Waals surface area contributed by atoms with Crippen LogP contribution in [0.3, 0.4) is 0 Å². The van der Waals surface area contributed by atoms with Gasteiger partial charge >= 0.3 is 13.6 Å². The average molecular weight is 463 g/mol. The Kier molecular flexibility index (Phi) is 7.84. The minimum Gasteiger partial charge on any atom is -0.460 e. The first-order chi connectivity index (χ1) is 15.2. The van der Waals surface area contributed by atoms with E-state index in [2.05, 4.69) is 10.2 Å². The van der Waals surface area contributed by atoms with Crippen LogP contribution in [0.2, 0.25) is 0 Å². The summed E-state index contributed by atoms with van der Waals surface area (Å²) in [6.45, 7) is 3.15. The van der Waals surface area contributed by atoms with E-state index < -0.39 is 24.5 Å². The Balaban J connectivity index is 1.67. The topological polar surface area (TPSA) is 120 Å². The van der Waals surface area contributed by atoms with Crippen molar-refractivity contribution in [3.63, 3.8) is 0 Å². The Bertz CT molecular complexity index is 971. The number of hydrogen-bond acceptors (Lipinski definition) is 9. The summed E-state index contributed by atoms with van der Waals surface area (Å²) >= 11 is 0. The van der Waals surface area contributed by atoms with Gasteiger partial charge in [0, 0.05) is 25.2 Å². The SMILES string of the molecule is C[C@H](NCP(=O)(Oc1ccccc1)Oc1ccc([N+](=O)[O-])cc1)C(=O)O[C@@H]1CCN(C)C1. The number of carbonyl (C=O) groups excluding carboxylic acids is 1. The molecule has 1 saturated heterocycles. The summed E-state index contributed by atoms with van der Waals surface area (Å²) in [6, 6.07) is 12.9. The molecule has 1 N–H and O–H groups in total. The Morgan fingerprint density at radius 2 is 1.81 bits per heavy atom. The summed E-state index contributed by atoms with van der Waals surface area (Å²) < 4.78 is 30.2. The van der Waals surface area contributed by atoms with Gasteiger partial charge in [-0.1, -0.05) is 18.2 Å². The number of nitro groups is 1. The summed E-state index contributed by atoms with van der Waals surface area (Å²) in [5.41, 5.74) is -0.122. The number of likely N-dealkylation sites (N-methyl/N-ethyl adjacent to an activating group) is 1. The zero-order valence-corrected chi connectivity index (χ0v) is 18.8. The number of carbonyl (C=O) groups is 1. The Morgan fingerprint density at radius 1 is 1.19 bits per heavy atom. The second kappa shape index (κ2) is 10.6. The van der Waals surface area contributed by atoms with Gasteiger partial charge in [-0.2, -0.15) is 0 Å². The maximum absolute atomic E-state index is 13.5. The van der Waals surface area contributed by atoms with Gasteiger partial charge < -0.3 is 18.7 Å². The molecular weight excluding hydrogens is 437 g/mol. The third-order valence-corrected chi connectivity index (χ3v) is 6.40. The number of para-hydroxylation sites is 1. The first-order valence-corrected chi connectivity index (χ1v) is 11.9. The normalized spacial score (nSPS) is 19.0. The van der Waals surface area contributed by atoms with Crippen molar-refractivity contribution < 1.29 is 28.1 Å². The zero-order chi connectivity index (χ0) is 23.1. The van der Waals surface area contributed by atoms with Crippen LogP contribution in [0.4, 0.5) is 5.69 Å². The van der Waals surface area contributed by atoms with Gasteiger partial charge in [0.05, 0.1) is 4.92 Å². The quantitative estimate of drug-likeness (QED) is 0.244. The summed E-state index contributed by atoms with van der Waals surface area (Å²) in [7, 11) is -1.88. The lowest BCUT2D eigenvalue weighted by Gasteiger charge is -2.22. The number of ether oxygens (including phenoxy) is 1. The molecular formula is C21H26N3O7P. The van der Waals surface area contributed by atoms with Gasteiger partial charge in [-0.25, -0.2) is 4.57 Å². The number of rotatable bonds is 10. The van der Waals surface area contributed by atoms with Gasteiger partial charge in [-0.3, -0.25) is 20.2 Å². The van der Waals surface area contributed by atoms with Crippen LogP contribution in [0.15, 0.2) is 54.6 Å². The molecule has 11 heteroatoms. The highest BCUT2D eigenvalue weighted by atomic mass is 31.2. The van der Waals surface area contributed by atoms with Crippen LogP contribution in [0, 0.1) is 10.1 Å². The lowest BCUT2D eigenvalue weighted by Crippen LogP contribution is -2.39. The molecule has 3 atom stereocenters. The third kappa shape index (κ3) is 6.78. The van der Waals surface area contributed by atoms with Gasteiger partial charge in [0.15, 0.2) is 0 Å². The molecule has 0 aliphatic carbocycles. The van der Waals surface area contributed by atoms with E-state index in [-0.39, 0.29) is 23.8 Å². The van der Waals surface area contributed by atoms with Crippen molar-refractivity contribution in [2.45, 2.75) is 25.5 Å². The van der Waals surface area contributed by atoms with Crippen LogP contribution in [-0.2, 0) is 14.1 Å². The minimum atomic E-state index is -3.84. The largest absolute Gasteiger partial charge is 0.460 e. The molecule has 10 nitrogen and oxygen atoms in total. The molecule has 2 aromatic carbocycles. The number of nitrogens with zero attached hydrogens (tertiary/aromatic N) is 2. The summed E-state index contributed by atoms with van der Waals surface area (Å²) in [5.74, 6) is 0.0107. The fourth-order valence-electron chi connectivity index (χ4n) is 3.10. The predicted octanol–water partition coefficient (Wildman–Crippen LogP) is 3.43. The Hall–Kier alpha value is -2.94. The molecule has 1 aliphatic heterocycles. The zero-order valence-electron chi connectivity index (χ0n) is 17.9. The van der Waals surface area contributed by atoms with Crippen molar-refractivity contribution in [2.24, 2.45) is 0 Å². The van der Waals surface area contributed by atoms with E-state index in [0.29, 0.717) is 12.3 Å². The van der Waals surface area contributed by atoms with Crippen molar-refractivity contribution in [3.8, 4) is 11.5 Å². The number of nitro benzene ring substituents is 1. The molecule has 0 bridgehead atoms. The van der Waals surface area contributed by atoms with Gasteiger partial charge in [-0.15, -0.1) is 0 Å². The Labute approximate surface area is 186 Å². The second-order valence-corrected chi connectivity index (χ2v) is 9.45. The lowest BCUT2D eigenvalue weighted by molar-refractivity contribution is -0.384. The van der Waals surface area contributed by atoms with Crippen LogP contribution < -0.4 is 14.4 Å². The van der Waals surface area contributed by atoms with Crippen LogP contribution in [0.1, 0.15) is 13.3 Å². The molecule has 172 valence electrons. The van der Waals surface area contributed by atoms with Gasteiger partial charge in [0.1, 0.15) is 29.9 Å². The molecule has 1 unspecified atom stereocenters. The molecule has 2 aromatic rings. The van der Waals surface area contributed by atoms with E-state index in [0.717, 1.165) is 13.0 Å². The molecule has 1 heterocycles. The second-order valence-electron chi connectivity index (χ2n) is 7.55. The van der Waals surface area contributed by atoms with Crippen molar-refractivity contribution >= 4 is 19.3 Å². The van der Waals surface area contributed by atoms with Crippen LogP contribution in [-0.4, -0.2) is 54.4 Å². The van der Waals surface area contributed by atoms with Gasteiger partial charge in [-0.05, 0) is 44.7 Å². The van der Waals surface area contributed by atoms with Crippen molar-refractivity contribution in [1.82, 2.24) is 10.2 Å². The number of nitrogens with one attached hydrogen (secondary N) is 1. The van der Waals surface area contributed by atoms with E-state index in [1.165, 1.54) is 24.3 Å². The number of non-ortho nitro benzene ring substituents is 1. The highest BCUT2D eigenvalue weighted by Crippen LogP contribution is 2.47. The van der Waals surface area contributed by atoms with E-state index in [1.807, 2.05) is 7.05 Å². The molecule has 3 rings (SSSR count). The van der Waals surface area contributed by atoms with Gasteiger partial charge in [0.2, 0.25) is 0 Å². The smallest absolute Gasteiger partial charge is 0.444 e. The van der Waals surface area contributed by atoms with Crippen LogP contribution >= 0.6 is 7.60 Å². The number of benzene rings is 2. The first-order valence-electron chi connectivity index (χ1n) is 10.1. The van der Waals surface area contributed by atoms with Crippen LogP contribution in [0.25, 0.3) is 0 Å². The summed E-state index contributed by atoms with van der Waals surface area (Å²) in [4.78, 5) is 24.8. The minimum absolute atomic E-state index is 0.122. The molecule has 1 fully saturated rings.